The van der Waals surface area contributed by atoms with Crippen LogP contribution in [0.4, 0.5) is 0 Å². The van der Waals surface area contributed by atoms with Crippen molar-refractivity contribution in [3.63, 3.8) is 0 Å². The van der Waals surface area contributed by atoms with Gasteiger partial charge in [0.15, 0.2) is 6.61 Å². The molecule has 20 heavy (non-hydrogen) atoms. The monoisotopic (exact) mass is 276 g/mol. The summed E-state index contributed by atoms with van der Waals surface area (Å²) in [7, 11) is 1.32. The summed E-state index contributed by atoms with van der Waals surface area (Å²) in [6.07, 6.45) is 1.73. The SMILES string of the molecule is CCCc1nnc(-c2ccc(OCC(=O)OC)cc2)o1. The van der Waals surface area contributed by atoms with Gasteiger partial charge in [-0.25, -0.2) is 4.79 Å². The second-order valence-electron chi connectivity index (χ2n) is 4.14. The molecule has 6 heteroatoms. The number of aryl methyl sites for hydroxylation is 1. The molecule has 106 valence electrons. The predicted octanol–water partition coefficient (Wildman–Crippen LogP) is 2.24. The lowest BCUT2D eigenvalue weighted by molar-refractivity contribution is -0.142. The Hall–Kier alpha value is -2.37. The van der Waals surface area contributed by atoms with Crippen LogP contribution < -0.4 is 4.74 Å². The van der Waals surface area contributed by atoms with Gasteiger partial charge in [0.05, 0.1) is 7.11 Å². The van der Waals surface area contributed by atoms with E-state index in [4.69, 9.17) is 9.15 Å². The minimum Gasteiger partial charge on any atom is -0.482 e. The number of hydrogen-bond acceptors (Lipinski definition) is 6. The fourth-order valence-corrected chi connectivity index (χ4v) is 1.58. The third kappa shape index (κ3) is 3.57. The zero-order valence-electron chi connectivity index (χ0n) is 11.5. The lowest BCUT2D eigenvalue weighted by atomic mass is 10.2. The van der Waals surface area contributed by atoms with Crippen LogP contribution in [0.15, 0.2) is 28.7 Å². The normalized spacial score (nSPS) is 10.3. The third-order valence-corrected chi connectivity index (χ3v) is 2.62. The van der Waals surface area contributed by atoms with E-state index in [0.29, 0.717) is 17.5 Å². The molecule has 0 saturated heterocycles. The van der Waals surface area contributed by atoms with Gasteiger partial charge in [-0.1, -0.05) is 6.92 Å². The first-order chi connectivity index (χ1) is 9.72. The number of methoxy groups -OCH3 is 1. The fraction of sp³-hybridized carbons (Fsp3) is 0.357. The van der Waals surface area contributed by atoms with E-state index in [2.05, 4.69) is 21.9 Å². The average molecular weight is 276 g/mol. The predicted molar refractivity (Wildman–Crippen MR) is 71.2 cm³/mol. The molecule has 0 spiro atoms. The molecule has 2 aromatic rings. The highest BCUT2D eigenvalue weighted by Gasteiger charge is 2.08. The number of benzene rings is 1. The summed E-state index contributed by atoms with van der Waals surface area (Å²) in [5, 5.41) is 7.96. The smallest absolute Gasteiger partial charge is 0.343 e. The number of rotatable bonds is 6. The van der Waals surface area contributed by atoms with E-state index in [1.54, 1.807) is 24.3 Å². The van der Waals surface area contributed by atoms with Gasteiger partial charge in [-0.05, 0) is 30.7 Å². The van der Waals surface area contributed by atoms with E-state index in [-0.39, 0.29) is 6.61 Å². The molecule has 6 nitrogen and oxygen atoms in total. The van der Waals surface area contributed by atoms with Crippen molar-refractivity contribution in [2.24, 2.45) is 0 Å². The van der Waals surface area contributed by atoms with Crippen LogP contribution in [-0.2, 0) is 16.0 Å². The molecule has 0 N–H and O–H groups in total. The van der Waals surface area contributed by atoms with Crippen LogP contribution in [0, 0.1) is 0 Å². The van der Waals surface area contributed by atoms with Crippen LogP contribution in [0.5, 0.6) is 5.75 Å². The van der Waals surface area contributed by atoms with Gasteiger partial charge in [-0.15, -0.1) is 10.2 Å². The van der Waals surface area contributed by atoms with Crippen LogP contribution in [0.2, 0.25) is 0 Å². The van der Waals surface area contributed by atoms with Gasteiger partial charge in [0.2, 0.25) is 11.8 Å². The summed E-state index contributed by atoms with van der Waals surface area (Å²) in [5.41, 5.74) is 0.810. The van der Waals surface area contributed by atoms with E-state index in [0.717, 1.165) is 18.4 Å². The van der Waals surface area contributed by atoms with Crippen LogP contribution >= 0.6 is 0 Å². The van der Waals surface area contributed by atoms with Gasteiger partial charge in [-0.3, -0.25) is 0 Å². The zero-order chi connectivity index (χ0) is 14.4. The summed E-state index contributed by atoms with van der Waals surface area (Å²) < 4.78 is 15.3. The molecule has 0 bridgehead atoms. The summed E-state index contributed by atoms with van der Waals surface area (Å²) in [5.74, 6) is 1.27. The molecule has 0 atom stereocenters. The van der Waals surface area contributed by atoms with E-state index in [1.165, 1.54) is 7.11 Å². The molecule has 0 aliphatic rings. The molecule has 1 heterocycles. The maximum Gasteiger partial charge on any atom is 0.343 e. The molecule has 0 saturated carbocycles. The van der Waals surface area contributed by atoms with Crippen molar-refractivity contribution in [3.05, 3.63) is 30.2 Å². The van der Waals surface area contributed by atoms with Gasteiger partial charge in [-0.2, -0.15) is 0 Å². The number of ether oxygens (including phenoxy) is 2. The summed E-state index contributed by atoms with van der Waals surface area (Å²) in [4.78, 5) is 11.0. The summed E-state index contributed by atoms with van der Waals surface area (Å²) in [6.45, 7) is 1.94. The lowest BCUT2D eigenvalue weighted by Crippen LogP contribution is -2.12. The van der Waals surface area contributed by atoms with Gasteiger partial charge in [0.1, 0.15) is 5.75 Å². The number of nitrogens with zero attached hydrogens (tertiary/aromatic N) is 2. The maximum atomic E-state index is 11.0. The van der Waals surface area contributed by atoms with Crippen molar-refractivity contribution in [1.29, 1.82) is 0 Å². The Balaban J connectivity index is 2.01. The molecule has 0 amide bonds. The number of esters is 1. The van der Waals surface area contributed by atoms with Crippen molar-refractivity contribution in [2.75, 3.05) is 13.7 Å². The Morgan fingerprint density at radius 1 is 1.25 bits per heavy atom. The van der Waals surface area contributed by atoms with Crippen molar-refractivity contribution >= 4 is 5.97 Å². The average Bonchev–Trinajstić information content (AvgIpc) is 2.94. The fourth-order valence-electron chi connectivity index (χ4n) is 1.58. The second-order valence-corrected chi connectivity index (χ2v) is 4.14. The molecule has 1 aromatic carbocycles. The summed E-state index contributed by atoms with van der Waals surface area (Å²) >= 11 is 0. The number of carbonyl (C=O) groups is 1. The minimum absolute atomic E-state index is 0.114. The lowest BCUT2D eigenvalue weighted by Gasteiger charge is -2.04. The largest absolute Gasteiger partial charge is 0.482 e. The van der Waals surface area contributed by atoms with Crippen LogP contribution in [0.25, 0.3) is 11.5 Å². The number of hydrogen-bond donors (Lipinski definition) is 0. The van der Waals surface area contributed by atoms with Crippen molar-refractivity contribution in [2.45, 2.75) is 19.8 Å². The quantitative estimate of drug-likeness (QED) is 0.753. The highest BCUT2D eigenvalue weighted by molar-refractivity contribution is 5.70. The first-order valence-corrected chi connectivity index (χ1v) is 6.35. The Morgan fingerprint density at radius 2 is 2.00 bits per heavy atom. The number of carbonyl (C=O) groups excluding carboxylic acids is 1. The van der Waals surface area contributed by atoms with E-state index >= 15 is 0 Å². The standard InChI is InChI=1S/C14H16N2O4/c1-3-4-12-15-16-14(20-12)10-5-7-11(8-6-10)19-9-13(17)18-2/h5-8H,3-4,9H2,1-2H3. The Labute approximate surface area is 116 Å². The third-order valence-electron chi connectivity index (χ3n) is 2.62. The summed E-state index contributed by atoms with van der Waals surface area (Å²) in [6, 6.07) is 7.08. The van der Waals surface area contributed by atoms with E-state index in [9.17, 15) is 4.79 Å². The van der Waals surface area contributed by atoms with E-state index < -0.39 is 5.97 Å². The van der Waals surface area contributed by atoms with Crippen molar-refractivity contribution in [3.8, 4) is 17.2 Å². The van der Waals surface area contributed by atoms with Crippen molar-refractivity contribution in [1.82, 2.24) is 10.2 Å². The van der Waals surface area contributed by atoms with E-state index in [1.807, 2.05) is 0 Å². The van der Waals surface area contributed by atoms with Gasteiger partial charge >= 0.3 is 5.97 Å². The van der Waals surface area contributed by atoms with Gasteiger partial charge in [0, 0.05) is 12.0 Å². The molecular formula is C14H16N2O4. The second kappa shape index (κ2) is 6.70. The Morgan fingerprint density at radius 3 is 2.65 bits per heavy atom. The first-order valence-electron chi connectivity index (χ1n) is 6.35. The molecule has 0 aliphatic carbocycles. The van der Waals surface area contributed by atoms with Crippen LogP contribution in [0.1, 0.15) is 19.2 Å². The van der Waals surface area contributed by atoms with Crippen LogP contribution in [0.3, 0.4) is 0 Å². The maximum absolute atomic E-state index is 11.0. The minimum atomic E-state index is -0.421. The molecule has 0 fully saturated rings. The Kier molecular flexibility index (Phi) is 4.70. The molecular weight excluding hydrogens is 260 g/mol. The topological polar surface area (TPSA) is 74.5 Å². The number of aromatic nitrogens is 2. The van der Waals surface area contributed by atoms with Gasteiger partial charge < -0.3 is 13.9 Å². The van der Waals surface area contributed by atoms with Crippen LogP contribution in [-0.4, -0.2) is 29.9 Å². The Bertz CT molecular complexity index is 563. The molecule has 2 rings (SSSR count). The molecule has 0 radical (unpaired) electrons. The van der Waals surface area contributed by atoms with Gasteiger partial charge in [0.25, 0.3) is 0 Å². The molecule has 0 unspecified atom stereocenters. The highest BCUT2D eigenvalue weighted by atomic mass is 16.6. The zero-order valence-corrected chi connectivity index (χ0v) is 11.5. The van der Waals surface area contributed by atoms with Crippen molar-refractivity contribution < 1.29 is 18.7 Å². The first kappa shape index (κ1) is 14.0. The molecule has 1 aromatic heterocycles. The highest BCUT2D eigenvalue weighted by Crippen LogP contribution is 2.21. The molecule has 0 aliphatic heterocycles.